The van der Waals surface area contributed by atoms with E-state index in [1.54, 1.807) is 4.88 Å². The monoisotopic (exact) mass is 357 g/mol. The molecule has 1 N–H and O–H groups in total. The predicted molar refractivity (Wildman–Crippen MR) is 99.5 cm³/mol. The van der Waals surface area contributed by atoms with Gasteiger partial charge in [-0.3, -0.25) is 4.90 Å². The fourth-order valence-electron chi connectivity index (χ4n) is 4.80. The molecule has 1 atom stereocenters. The van der Waals surface area contributed by atoms with Gasteiger partial charge in [-0.1, -0.05) is 0 Å². The summed E-state index contributed by atoms with van der Waals surface area (Å²) in [7, 11) is 2.10. The van der Waals surface area contributed by atoms with E-state index in [1.807, 2.05) is 17.5 Å². The molecule has 0 radical (unpaired) electrons. The molecule has 25 heavy (non-hydrogen) atoms. The Morgan fingerprint density at radius 3 is 2.96 bits per heavy atom. The van der Waals surface area contributed by atoms with Crippen molar-refractivity contribution < 1.29 is 0 Å². The molecule has 3 heterocycles. The van der Waals surface area contributed by atoms with Crippen LogP contribution in [-0.4, -0.2) is 38.6 Å². The Labute approximate surface area is 153 Å². The number of thiazole rings is 1. The molecule has 134 valence electrons. The number of imidazole rings is 1. The lowest BCUT2D eigenvalue weighted by molar-refractivity contribution is 0.182. The van der Waals surface area contributed by atoms with Gasteiger partial charge in [0.15, 0.2) is 0 Å². The second kappa shape index (κ2) is 6.18. The highest BCUT2D eigenvalue weighted by Crippen LogP contribution is 2.56. The second-order valence-corrected chi connectivity index (χ2v) is 9.19. The lowest BCUT2D eigenvalue weighted by Gasteiger charge is -2.29. The number of fused-ring (bicyclic) bond motifs is 1. The van der Waals surface area contributed by atoms with Crippen molar-refractivity contribution in [3.63, 3.8) is 0 Å². The summed E-state index contributed by atoms with van der Waals surface area (Å²) in [5.74, 6) is 1.17. The maximum absolute atomic E-state index is 4.96. The lowest BCUT2D eigenvalue weighted by Crippen LogP contribution is -2.36. The van der Waals surface area contributed by atoms with Crippen molar-refractivity contribution in [1.82, 2.24) is 24.8 Å². The molecule has 1 spiro atoms. The molecule has 3 aliphatic rings. The first kappa shape index (κ1) is 16.0. The van der Waals surface area contributed by atoms with Gasteiger partial charge in [0.2, 0.25) is 0 Å². The van der Waals surface area contributed by atoms with Gasteiger partial charge in [-0.15, -0.1) is 11.3 Å². The van der Waals surface area contributed by atoms with Crippen LogP contribution in [0.25, 0.3) is 0 Å². The van der Waals surface area contributed by atoms with Gasteiger partial charge in [0.1, 0.15) is 10.8 Å². The minimum absolute atomic E-state index is 0.552. The summed E-state index contributed by atoms with van der Waals surface area (Å²) in [6.07, 6.45) is 11.7. The highest BCUT2D eigenvalue weighted by molar-refractivity contribution is 7.11. The maximum Gasteiger partial charge on any atom is 0.122 e. The van der Waals surface area contributed by atoms with Gasteiger partial charge in [0.25, 0.3) is 0 Å². The van der Waals surface area contributed by atoms with E-state index in [-0.39, 0.29) is 0 Å². The van der Waals surface area contributed by atoms with E-state index in [1.165, 1.54) is 68.1 Å². The van der Waals surface area contributed by atoms with Gasteiger partial charge >= 0.3 is 0 Å². The van der Waals surface area contributed by atoms with E-state index >= 15 is 0 Å². The first-order valence-electron chi connectivity index (χ1n) is 9.62. The third kappa shape index (κ3) is 2.94. The standard InChI is InChI=1S/C19H27N5S/c1-23-10-9-21-17(23)12-24(16-11-19(16)5-7-20-8-6-19)13-18-22-14-3-2-4-15(14)25-18/h9-10,16,20H,2-8,11-13H2,1H3/t16-/m1/s1. The van der Waals surface area contributed by atoms with Crippen LogP contribution < -0.4 is 5.32 Å². The van der Waals surface area contributed by atoms with Crippen molar-refractivity contribution in [2.24, 2.45) is 12.5 Å². The van der Waals surface area contributed by atoms with Crippen LogP contribution in [0.3, 0.4) is 0 Å². The fraction of sp³-hybridized carbons (Fsp3) is 0.684. The zero-order chi connectivity index (χ0) is 16.9. The molecule has 0 aromatic carbocycles. The maximum atomic E-state index is 4.96. The molecule has 0 bridgehead atoms. The van der Waals surface area contributed by atoms with E-state index in [2.05, 4.69) is 33.0 Å². The van der Waals surface area contributed by atoms with Crippen molar-refractivity contribution in [3.8, 4) is 0 Å². The molecule has 0 unspecified atom stereocenters. The number of aryl methyl sites for hydroxylation is 3. The molecule has 0 amide bonds. The van der Waals surface area contributed by atoms with Crippen LogP contribution in [0.5, 0.6) is 0 Å². The molecular formula is C19H27N5S. The summed E-state index contributed by atoms with van der Waals surface area (Å²) in [5.41, 5.74) is 1.93. The summed E-state index contributed by atoms with van der Waals surface area (Å²) < 4.78 is 2.16. The van der Waals surface area contributed by atoms with Gasteiger partial charge in [-0.2, -0.15) is 0 Å². The molecule has 2 aromatic rings. The normalized spacial score (nSPS) is 24.2. The lowest BCUT2D eigenvalue weighted by atomic mass is 9.93. The van der Waals surface area contributed by atoms with Crippen molar-refractivity contribution in [3.05, 3.63) is 33.8 Å². The predicted octanol–water partition coefficient (Wildman–Crippen LogP) is 2.51. The Bertz CT molecular complexity index is 736. The average molecular weight is 358 g/mol. The second-order valence-electron chi connectivity index (χ2n) is 8.02. The number of nitrogens with one attached hydrogen (secondary N) is 1. The van der Waals surface area contributed by atoms with Crippen molar-refractivity contribution in [2.45, 2.75) is 57.7 Å². The highest BCUT2D eigenvalue weighted by Gasteiger charge is 2.56. The van der Waals surface area contributed by atoms with Crippen LogP contribution in [0.1, 0.15) is 47.1 Å². The Morgan fingerprint density at radius 1 is 1.32 bits per heavy atom. The van der Waals surface area contributed by atoms with E-state index in [4.69, 9.17) is 4.98 Å². The zero-order valence-corrected chi connectivity index (χ0v) is 15.8. The summed E-state index contributed by atoms with van der Waals surface area (Å²) in [5, 5.41) is 4.84. The number of hydrogen-bond donors (Lipinski definition) is 1. The van der Waals surface area contributed by atoms with Crippen molar-refractivity contribution in [1.29, 1.82) is 0 Å². The van der Waals surface area contributed by atoms with E-state index < -0.39 is 0 Å². The van der Waals surface area contributed by atoms with Gasteiger partial charge < -0.3 is 9.88 Å². The zero-order valence-electron chi connectivity index (χ0n) is 15.0. The summed E-state index contributed by atoms with van der Waals surface area (Å²) in [6.45, 7) is 4.29. The van der Waals surface area contributed by atoms with Gasteiger partial charge in [-0.05, 0) is 57.0 Å². The first-order valence-corrected chi connectivity index (χ1v) is 10.4. The fourth-order valence-corrected chi connectivity index (χ4v) is 5.98. The number of piperidine rings is 1. The molecule has 2 fully saturated rings. The Balaban J connectivity index is 1.37. The quantitative estimate of drug-likeness (QED) is 0.893. The van der Waals surface area contributed by atoms with E-state index in [0.717, 1.165) is 13.1 Å². The summed E-state index contributed by atoms with van der Waals surface area (Å²) in [4.78, 5) is 13.8. The first-order chi connectivity index (χ1) is 12.2. The molecule has 1 saturated carbocycles. The number of aromatic nitrogens is 3. The smallest absolute Gasteiger partial charge is 0.122 e. The molecule has 1 aliphatic heterocycles. The third-order valence-electron chi connectivity index (χ3n) is 6.43. The van der Waals surface area contributed by atoms with Crippen LogP contribution in [0.4, 0.5) is 0 Å². The van der Waals surface area contributed by atoms with E-state index in [0.29, 0.717) is 11.5 Å². The topological polar surface area (TPSA) is 46.0 Å². The molecule has 6 heteroatoms. The Kier molecular flexibility index (Phi) is 3.95. The number of rotatable bonds is 5. The molecule has 5 rings (SSSR count). The van der Waals surface area contributed by atoms with E-state index in [9.17, 15) is 0 Å². The minimum Gasteiger partial charge on any atom is -0.337 e. The van der Waals surface area contributed by atoms with Gasteiger partial charge in [0, 0.05) is 30.4 Å². The minimum atomic E-state index is 0.552. The van der Waals surface area contributed by atoms with Crippen LogP contribution in [0.15, 0.2) is 12.4 Å². The molecule has 5 nitrogen and oxygen atoms in total. The summed E-state index contributed by atoms with van der Waals surface area (Å²) in [6, 6.07) is 0.699. The van der Waals surface area contributed by atoms with Crippen LogP contribution in [0, 0.1) is 5.41 Å². The Morgan fingerprint density at radius 2 is 2.20 bits per heavy atom. The van der Waals surface area contributed by atoms with Crippen molar-refractivity contribution >= 4 is 11.3 Å². The molecular weight excluding hydrogens is 330 g/mol. The van der Waals surface area contributed by atoms with Crippen LogP contribution in [0.2, 0.25) is 0 Å². The highest BCUT2D eigenvalue weighted by atomic mass is 32.1. The molecule has 2 aliphatic carbocycles. The van der Waals surface area contributed by atoms with Gasteiger partial charge in [-0.25, -0.2) is 9.97 Å². The number of nitrogens with zero attached hydrogens (tertiary/aromatic N) is 4. The van der Waals surface area contributed by atoms with Crippen LogP contribution in [-0.2, 0) is 33.0 Å². The average Bonchev–Trinajstić information content (AvgIpc) is 2.97. The molecule has 2 aromatic heterocycles. The Hall–Kier alpha value is -1.24. The SMILES string of the molecule is Cn1ccnc1CN(Cc1nc2c(s1)CCC2)[C@@H]1CC12CCNCC2. The van der Waals surface area contributed by atoms with Gasteiger partial charge in [0.05, 0.1) is 18.8 Å². The van der Waals surface area contributed by atoms with Crippen LogP contribution >= 0.6 is 11.3 Å². The summed E-state index contributed by atoms with van der Waals surface area (Å²) >= 11 is 1.96. The molecule has 1 saturated heterocycles. The van der Waals surface area contributed by atoms with Crippen molar-refractivity contribution in [2.75, 3.05) is 13.1 Å². The number of hydrogen-bond acceptors (Lipinski definition) is 5. The third-order valence-corrected chi connectivity index (χ3v) is 7.57. The largest absolute Gasteiger partial charge is 0.337 e.